The summed E-state index contributed by atoms with van der Waals surface area (Å²) in [6.07, 6.45) is 9.25. The highest BCUT2D eigenvalue weighted by Gasteiger charge is 2.39. The number of benzene rings is 14. The number of anilines is 6. The monoisotopic (exact) mass is 1390 g/mol. The van der Waals surface area contributed by atoms with Crippen molar-refractivity contribution in [3.05, 3.63) is 335 Å². The molecule has 4 aromatic heterocycles. The van der Waals surface area contributed by atoms with Crippen molar-refractivity contribution in [1.82, 2.24) is 0 Å². The van der Waals surface area contributed by atoms with Gasteiger partial charge in [-0.1, -0.05) is 224 Å². The van der Waals surface area contributed by atoms with Crippen LogP contribution in [0.15, 0.2) is 279 Å². The lowest BCUT2D eigenvalue weighted by Gasteiger charge is -2.28. The lowest BCUT2D eigenvalue weighted by Crippen LogP contribution is -2.16. The van der Waals surface area contributed by atoms with Crippen LogP contribution in [0.2, 0.25) is 0 Å². The van der Waals surface area contributed by atoms with E-state index in [1.54, 1.807) is 0 Å². The third kappa shape index (κ3) is 9.40. The molecule has 0 unspecified atom stereocenters. The summed E-state index contributed by atoms with van der Waals surface area (Å²) in [5.74, 6) is 0. The molecule has 0 fully saturated rings. The second kappa shape index (κ2) is 22.5. The fourth-order valence-corrected chi connectivity index (χ4v) is 22.0. The van der Waals surface area contributed by atoms with E-state index in [9.17, 15) is 0 Å². The molecule has 103 heavy (non-hydrogen) atoms. The molecule has 21 rings (SSSR count). The van der Waals surface area contributed by atoms with Crippen LogP contribution < -0.4 is 9.80 Å². The van der Waals surface area contributed by atoms with Crippen LogP contribution in [0.3, 0.4) is 0 Å². The standard InChI is InChI=1S/C97H68N2S4/c1-95(2)81-47-57(23-25-59-29-39-69-71-41-31-65(55-85(71)96(3,4)83(69)49-59)98(61-33-43-91-77(51-61)73-15-7-11-19-87(73)100-91)62-34-44-92-78(52-62)74-16-8-12-20-88(74)101-92)27-37-67(81)68-38-28-58(48-82(68)95)24-26-60-30-40-70-72-42-32-66(56-86(72)97(5,6)84(70)50-60)99(63-35-45-93-79(53-63)75-17-9-13-21-89(75)102-93)64-36-46-94-80(54-64)76-18-10-14-22-90(76)103-94/h7-56H,1-6H3. The van der Waals surface area contributed by atoms with E-state index in [0.717, 1.165) is 34.1 Å². The van der Waals surface area contributed by atoms with Crippen molar-refractivity contribution < 1.29 is 0 Å². The second-order valence-electron chi connectivity index (χ2n) is 30.0. The van der Waals surface area contributed by atoms with Gasteiger partial charge in [0.1, 0.15) is 0 Å². The quantitative estimate of drug-likeness (QED) is 0.126. The van der Waals surface area contributed by atoms with Gasteiger partial charge in [-0.25, -0.2) is 0 Å². The average Bonchev–Trinajstić information content (AvgIpc) is 1.57. The highest BCUT2D eigenvalue weighted by Crippen LogP contribution is 2.56. The highest BCUT2D eigenvalue weighted by atomic mass is 32.1. The molecule has 490 valence electrons. The Kier molecular flexibility index (Phi) is 13.3. The van der Waals surface area contributed by atoms with Crippen LogP contribution in [-0.4, -0.2) is 0 Å². The molecule has 0 radical (unpaired) electrons. The summed E-state index contributed by atoms with van der Waals surface area (Å²) >= 11 is 7.48. The Balaban J connectivity index is 0.547. The van der Waals surface area contributed by atoms with Crippen LogP contribution in [0.1, 0.15) is 97.2 Å². The van der Waals surface area contributed by atoms with E-state index in [-0.39, 0.29) is 16.2 Å². The first-order valence-corrected chi connectivity index (χ1v) is 39.0. The zero-order valence-corrected chi connectivity index (χ0v) is 61.2. The van der Waals surface area contributed by atoms with E-state index in [1.807, 2.05) is 45.3 Å². The Morgan fingerprint density at radius 2 is 0.408 bits per heavy atom. The maximum atomic E-state index is 2.48. The molecule has 14 aromatic carbocycles. The lowest BCUT2D eigenvalue weighted by molar-refractivity contribution is 0.660. The van der Waals surface area contributed by atoms with Gasteiger partial charge in [0.15, 0.2) is 0 Å². The van der Waals surface area contributed by atoms with E-state index in [4.69, 9.17) is 0 Å². The van der Waals surface area contributed by atoms with E-state index in [0.29, 0.717) is 0 Å². The van der Waals surface area contributed by atoms with Crippen molar-refractivity contribution in [3.8, 4) is 33.4 Å². The Hall–Kier alpha value is -11.0. The van der Waals surface area contributed by atoms with Crippen molar-refractivity contribution in [2.24, 2.45) is 0 Å². The van der Waals surface area contributed by atoms with Crippen LogP contribution in [0.4, 0.5) is 34.1 Å². The zero-order chi connectivity index (χ0) is 68.8. The largest absolute Gasteiger partial charge is 0.310 e. The van der Waals surface area contributed by atoms with E-state index in [2.05, 4.69) is 355 Å². The summed E-state index contributed by atoms with van der Waals surface area (Å²) in [7, 11) is 0. The molecule has 0 saturated carbocycles. The molecule has 0 atom stereocenters. The molecular formula is C97H68N2S4. The first-order chi connectivity index (χ1) is 50.2. The minimum absolute atomic E-state index is 0.180. The van der Waals surface area contributed by atoms with E-state index < -0.39 is 0 Å². The summed E-state index contributed by atoms with van der Waals surface area (Å²) in [5, 5.41) is 10.4. The summed E-state index contributed by atoms with van der Waals surface area (Å²) < 4.78 is 10.5. The first-order valence-electron chi connectivity index (χ1n) is 35.7. The Labute approximate surface area is 615 Å². The molecule has 0 amide bonds. The molecule has 0 bridgehead atoms. The van der Waals surface area contributed by atoms with E-state index >= 15 is 0 Å². The summed E-state index contributed by atoms with van der Waals surface area (Å²) in [6, 6.07) is 106. The molecule has 6 heteroatoms. The number of rotatable bonds is 10. The topological polar surface area (TPSA) is 6.48 Å². The molecule has 3 aliphatic rings. The van der Waals surface area contributed by atoms with Gasteiger partial charge in [-0.3, -0.25) is 0 Å². The van der Waals surface area contributed by atoms with Crippen molar-refractivity contribution in [2.45, 2.75) is 57.8 Å². The molecular weight excluding hydrogens is 1320 g/mol. The highest BCUT2D eigenvalue weighted by molar-refractivity contribution is 7.27. The predicted molar refractivity (Wildman–Crippen MR) is 451 cm³/mol. The van der Waals surface area contributed by atoms with Gasteiger partial charge in [0.05, 0.1) is 0 Å². The average molecular weight is 1390 g/mol. The number of hydrogen-bond donors (Lipinski definition) is 0. The summed E-state index contributed by atoms with van der Waals surface area (Å²) in [5.41, 5.74) is 27.2. The maximum absolute atomic E-state index is 2.48. The van der Waals surface area contributed by atoms with Gasteiger partial charge in [-0.15, -0.1) is 45.3 Å². The van der Waals surface area contributed by atoms with Crippen LogP contribution in [0.5, 0.6) is 0 Å². The van der Waals surface area contributed by atoms with Gasteiger partial charge >= 0.3 is 0 Å². The second-order valence-corrected chi connectivity index (χ2v) is 34.3. The molecule has 2 nitrogen and oxygen atoms in total. The van der Waals surface area contributed by atoms with Crippen LogP contribution in [0.25, 0.3) is 138 Å². The molecule has 0 aliphatic heterocycles. The number of thiophene rings is 4. The molecule has 0 saturated heterocycles. The lowest BCUT2D eigenvalue weighted by atomic mass is 9.81. The molecule has 3 aliphatic carbocycles. The normalized spacial score (nSPS) is 14.5. The minimum Gasteiger partial charge on any atom is -0.310 e. The van der Waals surface area contributed by atoms with Crippen molar-refractivity contribution in [1.29, 1.82) is 0 Å². The predicted octanol–water partition coefficient (Wildman–Crippen LogP) is 29.4. The summed E-state index contributed by atoms with van der Waals surface area (Å²) in [6.45, 7) is 14.4. The van der Waals surface area contributed by atoms with Gasteiger partial charge in [-0.2, -0.15) is 0 Å². The number of hydrogen-bond acceptors (Lipinski definition) is 6. The van der Waals surface area contributed by atoms with Crippen LogP contribution in [-0.2, 0) is 16.2 Å². The molecule has 4 heterocycles. The third-order valence-corrected chi connectivity index (χ3v) is 27.6. The molecule has 0 N–H and O–H groups in total. The fraction of sp³-hybridized carbons (Fsp3) is 0.0928. The van der Waals surface area contributed by atoms with Gasteiger partial charge in [-0.05, 0) is 210 Å². The SMILES string of the molecule is CC1(C)c2cc(C=Cc3ccc4c(c3)C(C)(C)c3cc(N(c5ccc6sc7ccccc7c6c5)c5ccc6sc7ccccc7c6c5)ccc3-4)ccc2-c2ccc(C=Cc3ccc4c(c3)C(C)(C)c3cc(N(c5ccc6sc7ccccc7c6c5)c5ccc6sc7ccccc7c6c5)ccc3-4)cc21. The Morgan fingerprint density at radius 1 is 0.204 bits per heavy atom. The first kappa shape index (κ1) is 60.8. The summed E-state index contributed by atoms with van der Waals surface area (Å²) in [4.78, 5) is 4.97. The van der Waals surface area contributed by atoms with Crippen molar-refractivity contribution >= 4 is 184 Å². The number of nitrogens with zero attached hydrogens (tertiary/aromatic N) is 2. The third-order valence-electron chi connectivity index (χ3n) is 23.0. The van der Waals surface area contributed by atoms with Crippen LogP contribution in [0, 0.1) is 0 Å². The Morgan fingerprint density at radius 3 is 0.670 bits per heavy atom. The van der Waals surface area contributed by atoms with Gasteiger partial charge in [0, 0.05) is 131 Å². The van der Waals surface area contributed by atoms with Gasteiger partial charge in [0.2, 0.25) is 0 Å². The fourth-order valence-electron chi connectivity index (χ4n) is 17.6. The molecule has 0 spiro atoms. The van der Waals surface area contributed by atoms with Gasteiger partial charge in [0.25, 0.3) is 0 Å². The minimum atomic E-state index is -0.231. The van der Waals surface area contributed by atoms with Crippen molar-refractivity contribution in [3.63, 3.8) is 0 Å². The zero-order valence-electron chi connectivity index (χ0n) is 57.9. The van der Waals surface area contributed by atoms with Gasteiger partial charge < -0.3 is 9.80 Å². The number of fused-ring (bicyclic) bond motifs is 21. The smallest absolute Gasteiger partial charge is 0.0468 e. The maximum Gasteiger partial charge on any atom is 0.0468 e. The van der Waals surface area contributed by atoms with E-state index in [1.165, 1.54) is 170 Å². The van der Waals surface area contributed by atoms with Crippen molar-refractivity contribution in [2.75, 3.05) is 9.80 Å². The Bertz CT molecular complexity index is 6120. The van der Waals surface area contributed by atoms with Crippen LogP contribution >= 0.6 is 45.3 Å². The molecule has 18 aromatic rings.